The van der Waals surface area contributed by atoms with E-state index in [1.807, 2.05) is 0 Å². The standard InChI is InChI=1S/C55H98O6/c1-4-7-10-13-16-19-22-25-27-30-33-36-39-42-45-48-54(57)60-51-52(50-59-53(56)47-44-41-38-35-32-29-24-21-18-15-12-9-6-3)61-55(58)49-46-43-40-37-34-31-28-26-23-20-17-14-11-8-5-2/h16-17,19-20,25-28,52H,4-15,18,21-24,29-51H2,1-3H3. The maximum Gasteiger partial charge on any atom is 0.306 e. The maximum absolute atomic E-state index is 12.8. The van der Waals surface area contributed by atoms with E-state index in [0.29, 0.717) is 19.3 Å². The van der Waals surface area contributed by atoms with E-state index in [-0.39, 0.29) is 31.1 Å². The van der Waals surface area contributed by atoms with Gasteiger partial charge in [0.1, 0.15) is 13.2 Å². The highest BCUT2D eigenvalue weighted by molar-refractivity contribution is 5.71. The number of rotatable bonds is 47. The molecule has 0 spiro atoms. The van der Waals surface area contributed by atoms with Gasteiger partial charge in [-0.2, -0.15) is 0 Å². The van der Waals surface area contributed by atoms with Gasteiger partial charge in [-0.3, -0.25) is 14.4 Å². The molecule has 0 saturated heterocycles. The van der Waals surface area contributed by atoms with Crippen LogP contribution in [0.1, 0.15) is 265 Å². The molecule has 6 heteroatoms. The summed E-state index contributed by atoms with van der Waals surface area (Å²) in [5, 5.41) is 0. The van der Waals surface area contributed by atoms with E-state index in [0.717, 1.165) is 103 Å². The van der Waals surface area contributed by atoms with Crippen molar-refractivity contribution in [3.05, 3.63) is 48.6 Å². The Morgan fingerprint density at radius 3 is 0.934 bits per heavy atom. The number of esters is 3. The predicted octanol–water partition coefficient (Wildman–Crippen LogP) is 17.1. The van der Waals surface area contributed by atoms with Gasteiger partial charge >= 0.3 is 17.9 Å². The minimum absolute atomic E-state index is 0.0812. The fourth-order valence-electron chi connectivity index (χ4n) is 7.33. The van der Waals surface area contributed by atoms with E-state index in [1.165, 1.54) is 122 Å². The molecule has 0 aliphatic rings. The lowest BCUT2D eigenvalue weighted by atomic mass is 10.0. The van der Waals surface area contributed by atoms with Gasteiger partial charge in [0.2, 0.25) is 0 Å². The molecule has 0 fully saturated rings. The van der Waals surface area contributed by atoms with Crippen molar-refractivity contribution in [2.75, 3.05) is 13.2 Å². The Morgan fingerprint density at radius 2 is 0.590 bits per heavy atom. The Balaban J connectivity index is 4.41. The Bertz CT molecular complexity index is 1070. The molecule has 1 atom stereocenters. The van der Waals surface area contributed by atoms with Crippen LogP contribution in [0.3, 0.4) is 0 Å². The molecule has 0 aromatic rings. The van der Waals surface area contributed by atoms with Crippen LogP contribution < -0.4 is 0 Å². The average Bonchev–Trinajstić information content (AvgIpc) is 3.26. The molecule has 0 rings (SSSR count). The molecule has 6 nitrogen and oxygen atoms in total. The molecule has 354 valence electrons. The second-order valence-corrected chi connectivity index (χ2v) is 17.4. The number of unbranched alkanes of at least 4 members (excludes halogenated alkanes) is 28. The molecule has 0 amide bonds. The summed E-state index contributed by atoms with van der Waals surface area (Å²) in [6, 6.07) is 0. The maximum atomic E-state index is 12.8. The topological polar surface area (TPSA) is 78.9 Å². The van der Waals surface area contributed by atoms with Gasteiger partial charge < -0.3 is 14.2 Å². The van der Waals surface area contributed by atoms with Gasteiger partial charge in [0.25, 0.3) is 0 Å². The first-order chi connectivity index (χ1) is 30.0. The number of carbonyl (C=O) groups excluding carboxylic acids is 3. The first-order valence-electron chi connectivity index (χ1n) is 26.1. The van der Waals surface area contributed by atoms with Crippen molar-refractivity contribution in [3.8, 4) is 0 Å². The minimum atomic E-state index is -0.783. The van der Waals surface area contributed by atoms with E-state index in [2.05, 4.69) is 69.4 Å². The molecular formula is C55H98O6. The van der Waals surface area contributed by atoms with Gasteiger partial charge in [0, 0.05) is 19.3 Å². The van der Waals surface area contributed by atoms with Crippen molar-refractivity contribution in [1.82, 2.24) is 0 Å². The third kappa shape index (κ3) is 48.3. The van der Waals surface area contributed by atoms with Crippen LogP contribution in [-0.2, 0) is 28.6 Å². The fraction of sp³-hybridized carbons (Fsp3) is 0.800. The van der Waals surface area contributed by atoms with Gasteiger partial charge in [0.15, 0.2) is 6.10 Å². The van der Waals surface area contributed by atoms with E-state index in [9.17, 15) is 14.4 Å². The number of ether oxygens (including phenoxy) is 3. The van der Waals surface area contributed by atoms with Gasteiger partial charge in [-0.1, -0.05) is 211 Å². The summed E-state index contributed by atoms with van der Waals surface area (Å²) in [6.07, 6.45) is 59.4. The van der Waals surface area contributed by atoms with Crippen molar-refractivity contribution in [3.63, 3.8) is 0 Å². The summed E-state index contributed by atoms with van der Waals surface area (Å²) < 4.78 is 16.8. The van der Waals surface area contributed by atoms with Crippen LogP contribution in [0.15, 0.2) is 48.6 Å². The highest BCUT2D eigenvalue weighted by Gasteiger charge is 2.19. The zero-order valence-corrected chi connectivity index (χ0v) is 40.4. The van der Waals surface area contributed by atoms with Crippen molar-refractivity contribution in [2.45, 2.75) is 271 Å². The van der Waals surface area contributed by atoms with Crippen molar-refractivity contribution in [2.24, 2.45) is 0 Å². The molecule has 61 heavy (non-hydrogen) atoms. The van der Waals surface area contributed by atoms with Gasteiger partial charge in [0.05, 0.1) is 0 Å². The Morgan fingerprint density at radius 1 is 0.328 bits per heavy atom. The summed E-state index contributed by atoms with van der Waals surface area (Å²) in [7, 11) is 0. The van der Waals surface area contributed by atoms with Crippen LogP contribution in [0.4, 0.5) is 0 Å². The smallest absolute Gasteiger partial charge is 0.306 e. The van der Waals surface area contributed by atoms with E-state index in [4.69, 9.17) is 14.2 Å². The van der Waals surface area contributed by atoms with Crippen LogP contribution >= 0.6 is 0 Å². The van der Waals surface area contributed by atoms with E-state index >= 15 is 0 Å². The van der Waals surface area contributed by atoms with Crippen LogP contribution in [0.2, 0.25) is 0 Å². The molecule has 0 aliphatic carbocycles. The molecule has 1 unspecified atom stereocenters. The number of hydrogen-bond acceptors (Lipinski definition) is 6. The van der Waals surface area contributed by atoms with Crippen molar-refractivity contribution >= 4 is 17.9 Å². The van der Waals surface area contributed by atoms with E-state index in [1.54, 1.807) is 0 Å². The van der Waals surface area contributed by atoms with Gasteiger partial charge in [-0.25, -0.2) is 0 Å². The minimum Gasteiger partial charge on any atom is -0.462 e. The zero-order valence-electron chi connectivity index (χ0n) is 40.4. The molecule has 0 bridgehead atoms. The summed E-state index contributed by atoms with van der Waals surface area (Å²) in [5.41, 5.74) is 0. The first kappa shape index (κ1) is 58.4. The SMILES string of the molecule is CCCCCC=CCC=CCCCCCCCC(=O)OCC(COC(=O)CCCCCCCCCCCCCCC)OC(=O)CCCCCCCC=CCC=CCCCCC. The summed E-state index contributed by atoms with van der Waals surface area (Å²) >= 11 is 0. The normalized spacial score (nSPS) is 12.4. The molecule has 0 aromatic carbocycles. The van der Waals surface area contributed by atoms with E-state index < -0.39 is 6.10 Å². The lowest BCUT2D eigenvalue weighted by molar-refractivity contribution is -0.167. The average molecular weight is 855 g/mol. The van der Waals surface area contributed by atoms with Crippen LogP contribution in [0, 0.1) is 0 Å². The first-order valence-corrected chi connectivity index (χ1v) is 26.1. The second-order valence-electron chi connectivity index (χ2n) is 17.4. The van der Waals surface area contributed by atoms with Crippen LogP contribution in [-0.4, -0.2) is 37.2 Å². The molecular weight excluding hydrogens is 757 g/mol. The quantitative estimate of drug-likeness (QED) is 0.0263. The summed E-state index contributed by atoms with van der Waals surface area (Å²) in [5.74, 6) is -0.902. The van der Waals surface area contributed by atoms with Gasteiger partial charge in [-0.15, -0.1) is 0 Å². The van der Waals surface area contributed by atoms with Crippen LogP contribution in [0.5, 0.6) is 0 Å². The van der Waals surface area contributed by atoms with Crippen molar-refractivity contribution < 1.29 is 28.6 Å². The monoisotopic (exact) mass is 855 g/mol. The highest BCUT2D eigenvalue weighted by atomic mass is 16.6. The molecule has 0 heterocycles. The second kappa shape index (κ2) is 50.0. The Hall–Kier alpha value is -2.63. The zero-order chi connectivity index (χ0) is 44.4. The largest absolute Gasteiger partial charge is 0.462 e. The third-order valence-corrected chi connectivity index (χ3v) is 11.3. The lowest BCUT2D eigenvalue weighted by Gasteiger charge is -2.18. The lowest BCUT2D eigenvalue weighted by Crippen LogP contribution is -2.30. The molecule has 0 radical (unpaired) electrons. The van der Waals surface area contributed by atoms with Crippen molar-refractivity contribution in [1.29, 1.82) is 0 Å². The Kier molecular flexibility index (Phi) is 47.9. The number of hydrogen-bond donors (Lipinski definition) is 0. The third-order valence-electron chi connectivity index (χ3n) is 11.3. The molecule has 0 aliphatic heterocycles. The summed E-state index contributed by atoms with van der Waals surface area (Å²) in [6.45, 7) is 6.57. The van der Waals surface area contributed by atoms with Gasteiger partial charge in [-0.05, 0) is 83.5 Å². The highest BCUT2D eigenvalue weighted by Crippen LogP contribution is 2.15. The molecule has 0 aromatic heterocycles. The number of allylic oxidation sites excluding steroid dienone is 8. The molecule has 0 N–H and O–H groups in total. The number of carbonyl (C=O) groups is 3. The Labute approximate surface area is 378 Å². The van der Waals surface area contributed by atoms with Crippen LogP contribution in [0.25, 0.3) is 0 Å². The predicted molar refractivity (Wildman–Crippen MR) is 261 cm³/mol. The summed E-state index contributed by atoms with van der Waals surface area (Å²) in [4.78, 5) is 38.0. The fourth-order valence-corrected chi connectivity index (χ4v) is 7.33. The molecule has 0 saturated carbocycles.